The highest BCUT2D eigenvalue weighted by Crippen LogP contribution is 2.15. The second kappa shape index (κ2) is 5.75. The van der Waals surface area contributed by atoms with Crippen LogP contribution in [0.25, 0.3) is 0 Å². The molecule has 7 heteroatoms. The number of nitrogens with zero attached hydrogens (tertiary/aromatic N) is 5. The van der Waals surface area contributed by atoms with Crippen molar-refractivity contribution in [1.82, 2.24) is 25.1 Å². The Bertz CT molecular complexity index is 676. The van der Waals surface area contributed by atoms with Gasteiger partial charge in [-0.15, -0.1) is 10.2 Å². The van der Waals surface area contributed by atoms with Gasteiger partial charge in [0.25, 0.3) is 5.91 Å². The van der Waals surface area contributed by atoms with Crippen LogP contribution in [0.4, 0.5) is 5.82 Å². The summed E-state index contributed by atoms with van der Waals surface area (Å²) in [7, 11) is 3.77. The molecule has 0 aliphatic carbocycles. The molecule has 0 saturated heterocycles. The molecule has 1 aliphatic heterocycles. The van der Waals surface area contributed by atoms with Crippen molar-refractivity contribution in [2.75, 3.05) is 19.0 Å². The number of carbonyl (C=O) groups is 1. The molecule has 0 bridgehead atoms. The molecular formula is C15H20N6O. The van der Waals surface area contributed by atoms with Crippen LogP contribution in [0.2, 0.25) is 0 Å². The summed E-state index contributed by atoms with van der Waals surface area (Å²) in [6.45, 7) is 2.74. The Hall–Kier alpha value is -2.44. The number of hydrogen-bond donors (Lipinski definition) is 1. The Morgan fingerprint density at radius 1 is 1.36 bits per heavy atom. The predicted molar refractivity (Wildman–Crippen MR) is 82.9 cm³/mol. The average Bonchev–Trinajstić information content (AvgIpc) is 2.86. The number of nitrogens with one attached hydrogen (secondary N) is 1. The van der Waals surface area contributed by atoms with Crippen molar-refractivity contribution in [3.05, 3.63) is 35.5 Å². The second-order valence-electron chi connectivity index (χ2n) is 5.83. The lowest BCUT2D eigenvalue weighted by Crippen LogP contribution is -2.41. The molecule has 2 aromatic heterocycles. The summed E-state index contributed by atoms with van der Waals surface area (Å²) < 4.78 is 2.12. The molecule has 3 rings (SSSR count). The van der Waals surface area contributed by atoms with Crippen LogP contribution in [0.1, 0.15) is 28.4 Å². The SMILES string of the molecule is Cc1cn2c(n1)CC[C@@H](NC(=O)c1ccc(N(C)C)nn1)C2. The molecule has 22 heavy (non-hydrogen) atoms. The standard InChI is InChI=1S/C15H20N6O/c1-10-8-21-9-11(4-6-13(21)16-10)17-15(22)12-5-7-14(19-18-12)20(2)3/h5,7-8,11H,4,6,9H2,1-3H3,(H,17,22)/t11-/m1/s1. The number of imidazole rings is 1. The van der Waals surface area contributed by atoms with Gasteiger partial charge in [-0.3, -0.25) is 4.79 Å². The van der Waals surface area contributed by atoms with E-state index in [-0.39, 0.29) is 11.9 Å². The van der Waals surface area contributed by atoms with E-state index in [2.05, 4.69) is 25.1 Å². The minimum Gasteiger partial charge on any atom is -0.361 e. The zero-order valence-electron chi connectivity index (χ0n) is 13.1. The van der Waals surface area contributed by atoms with Gasteiger partial charge in [0.05, 0.1) is 5.69 Å². The van der Waals surface area contributed by atoms with Crippen LogP contribution < -0.4 is 10.2 Å². The number of anilines is 1. The number of fused-ring (bicyclic) bond motifs is 1. The van der Waals surface area contributed by atoms with E-state index in [9.17, 15) is 4.79 Å². The normalized spacial score (nSPS) is 17.0. The van der Waals surface area contributed by atoms with Crippen LogP contribution >= 0.6 is 0 Å². The van der Waals surface area contributed by atoms with Gasteiger partial charge in [-0.05, 0) is 25.5 Å². The monoisotopic (exact) mass is 300 g/mol. The third kappa shape index (κ3) is 2.93. The lowest BCUT2D eigenvalue weighted by molar-refractivity contribution is 0.0921. The Morgan fingerprint density at radius 3 is 2.86 bits per heavy atom. The van der Waals surface area contributed by atoms with Crippen molar-refractivity contribution in [1.29, 1.82) is 0 Å². The van der Waals surface area contributed by atoms with Crippen molar-refractivity contribution < 1.29 is 4.79 Å². The molecule has 0 unspecified atom stereocenters. The van der Waals surface area contributed by atoms with Gasteiger partial charge in [0, 0.05) is 39.3 Å². The van der Waals surface area contributed by atoms with E-state index in [1.807, 2.05) is 32.1 Å². The Balaban J connectivity index is 1.65. The van der Waals surface area contributed by atoms with Gasteiger partial charge in [-0.25, -0.2) is 4.98 Å². The molecule has 1 atom stereocenters. The van der Waals surface area contributed by atoms with Gasteiger partial charge in [0.15, 0.2) is 11.5 Å². The van der Waals surface area contributed by atoms with Crippen LogP contribution in [0, 0.1) is 6.92 Å². The summed E-state index contributed by atoms with van der Waals surface area (Å²) in [5, 5.41) is 11.1. The molecule has 0 radical (unpaired) electrons. The molecule has 0 saturated carbocycles. The second-order valence-corrected chi connectivity index (χ2v) is 5.83. The van der Waals surface area contributed by atoms with E-state index in [0.29, 0.717) is 5.69 Å². The van der Waals surface area contributed by atoms with Crippen LogP contribution in [0.15, 0.2) is 18.3 Å². The van der Waals surface area contributed by atoms with E-state index < -0.39 is 0 Å². The summed E-state index contributed by atoms with van der Waals surface area (Å²) in [4.78, 5) is 18.6. The Kier molecular flexibility index (Phi) is 3.79. The fourth-order valence-electron chi connectivity index (χ4n) is 2.65. The van der Waals surface area contributed by atoms with E-state index in [1.165, 1.54) is 0 Å². The number of carbonyl (C=O) groups excluding carboxylic acids is 1. The summed E-state index contributed by atoms with van der Waals surface area (Å²) in [5.41, 5.74) is 1.37. The molecule has 0 fully saturated rings. The summed E-state index contributed by atoms with van der Waals surface area (Å²) in [6.07, 6.45) is 3.80. The maximum Gasteiger partial charge on any atom is 0.272 e. The maximum atomic E-state index is 12.3. The van der Waals surface area contributed by atoms with E-state index in [4.69, 9.17) is 0 Å². The molecule has 1 aliphatic rings. The minimum atomic E-state index is -0.178. The maximum absolute atomic E-state index is 12.3. The summed E-state index contributed by atoms with van der Waals surface area (Å²) >= 11 is 0. The molecule has 1 N–H and O–H groups in total. The lowest BCUT2D eigenvalue weighted by Gasteiger charge is -2.24. The number of amides is 1. The first-order chi connectivity index (χ1) is 10.5. The Labute approximate surface area is 129 Å². The summed E-state index contributed by atoms with van der Waals surface area (Å²) in [6, 6.07) is 3.59. The first kappa shape index (κ1) is 14.5. The van der Waals surface area contributed by atoms with Crippen LogP contribution in [0.3, 0.4) is 0 Å². The average molecular weight is 300 g/mol. The topological polar surface area (TPSA) is 75.9 Å². The van der Waals surface area contributed by atoms with Crippen molar-refractivity contribution in [3.8, 4) is 0 Å². The highest BCUT2D eigenvalue weighted by molar-refractivity contribution is 5.92. The minimum absolute atomic E-state index is 0.101. The van der Waals surface area contributed by atoms with Crippen LogP contribution in [0.5, 0.6) is 0 Å². The molecule has 1 amide bonds. The van der Waals surface area contributed by atoms with E-state index >= 15 is 0 Å². The largest absolute Gasteiger partial charge is 0.361 e. The highest BCUT2D eigenvalue weighted by Gasteiger charge is 2.22. The predicted octanol–water partition coefficient (Wildman–Crippen LogP) is 0.792. The summed E-state index contributed by atoms with van der Waals surface area (Å²) in [5.74, 6) is 1.65. The fourth-order valence-corrected chi connectivity index (χ4v) is 2.65. The van der Waals surface area contributed by atoms with Crippen LogP contribution in [-0.4, -0.2) is 45.8 Å². The first-order valence-corrected chi connectivity index (χ1v) is 7.37. The zero-order chi connectivity index (χ0) is 15.7. The molecular weight excluding hydrogens is 280 g/mol. The lowest BCUT2D eigenvalue weighted by atomic mass is 10.1. The van der Waals surface area contributed by atoms with Crippen molar-refractivity contribution >= 4 is 11.7 Å². The van der Waals surface area contributed by atoms with Crippen molar-refractivity contribution in [2.45, 2.75) is 32.4 Å². The first-order valence-electron chi connectivity index (χ1n) is 7.37. The van der Waals surface area contributed by atoms with E-state index in [0.717, 1.165) is 36.7 Å². The number of aromatic nitrogens is 4. The molecule has 0 spiro atoms. The fraction of sp³-hybridized carbons (Fsp3) is 0.467. The van der Waals surface area contributed by atoms with E-state index in [1.54, 1.807) is 12.1 Å². The van der Waals surface area contributed by atoms with Gasteiger partial charge in [-0.2, -0.15) is 0 Å². The number of hydrogen-bond acceptors (Lipinski definition) is 5. The third-order valence-corrected chi connectivity index (χ3v) is 3.79. The zero-order valence-corrected chi connectivity index (χ0v) is 13.1. The van der Waals surface area contributed by atoms with Gasteiger partial charge < -0.3 is 14.8 Å². The molecule has 7 nitrogen and oxygen atoms in total. The molecule has 116 valence electrons. The van der Waals surface area contributed by atoms with Crippen LogP contribution in [-0.2, 0) is 13.0 Å². The molecule has 0 aromatic carbocycles. The van der Waals surface area contributed by atoms with Gasteiger partial charge >= 0.3 is 0 Å². The Morgan fingerprint density at radius 2 is 2.18 bits per heavy atom. The molecule has 2 aromatic rings. The smallest absolute Gasteiger partial charge is 0.272 e. The van der Waals surface area contributed by atoms with Gasteiger partial charge in [0.2, 0.25) is 0 Å². The van der Waals surface area contributed by atoms with Gasteiger partial charge in [-0.1, -0.05) is 0 Å². The number of rotatable bonds is 3. The highest BCUT2D eigenvalue weighted by atomic mass is 16.2. The van der Waals surface area contributed by atoms with Crippen molar-refractivity contribution in [3.63, 3.8) is 0 Å². The molecule has 3 heterocycles. The third-order valence-electron chi connectivity index (χ3n) is 3.79. The quantitative estimate of drug-likeness (QED) is 0.907. The number of aryl methyl sites for hydroxylation is 2. The van der Waals surface area contributed by atoms with Gasteiger partial charge in [0.1, 0.15) is 5.82 Å². The van der Waals surface area contributed by atoms with Crippen molar-refractivity contribution in [2.24, 2.45) is 0 Å².